The molecule has 0 radical (unpaired) electrons. The molecule has 7 heteroatoms. The number of nitrogens with zero attached hydrogens (tertiary/aromatic N) is 1. The van der Waals surface area contributed by atoms with Crippen molar-refractivity contribution in [2.75, 3.05) is 24.4 Å². The number of anilines is 1. The highest BCUT2D eigenvalue weighted by atomic mass is 32.2. The molecule has 29 heavy (non-hydrogen) atoms. The minimum absolute atomic E-state index is 0.122. The number of amides is 1. The Morgan fingerprint density at radius 1 is 1.21 bits per heavy atom. The van der Waals surface area contributed by atoms with E-state index in [1.165, 1.54) is 11.8 Å². The Hall–Kier alpha value is -2.22. The van der Waals surface area contributed by atoms with Gasteiger partial charge >= 0.3 is 0 Å². The molecule has 0 aromatic heterocycles. The maximum Gasteiger partial charge on any atom is 0.270 e. The third-order valence-electron chi connectivity index (χ3n) is 4.03. The molecule has 0 atom stereocenters. The number of hydrogen-bond acceptors (Lipinski definition) is 6. The van der Waals surface area contributed by atoms with Crippen molar-refractivity contribution < 1.29 is 14.3 Å². The van der Waals surface area contributed by atoms with Gasteiger partial charge in [0.25, 0.3) is 5.91 Å². The summed E-state index contributed by atoms with van der Waals surface area (Å²) in [6.07, 6.45) is 5.51. The molecule has 150 valence electrons. The molecule has 3 rings (SSSR count). The Morgan fingerprint density at radius 2 is 2.03 bits per heavy atom. The van der Waals surface area contributed by atoms with Crippen LogP contribution >= 0.6 is 35.7 Å². The van der Waals surface area contributed by atoms with Crippen LogP contribution in [-0.2, 0) is 4.79 Å². The molecule has 2 aromatic rings. The summed E-state index contributed by atoms with van der Waals surface area (Å²) in [7, 11) is 0. The first-order valence-electron chi connectivity index (χ1n) is 9.00. The van der Waals surface area contributed by atoms with Crippen LogP contribution in [0, 0.1) is 0 Å². The van der Waals surface area contributed by atoms with Crippen LogP contribution in [0.5, 0.6) is 11.5 Å². The number of carbonyl (C=O) groups excluding carboxylic acids is 1. The number of thiocarbonyl (C=S) groups is 1. The summed E-state index contributed by atoms with van der Waals surface area (Å²) in [6.45, 7) is 6.49. The van der Waals surface area contributed by atoms with Crippen LogP contribution in [-0.4, -0.2) is 29.7 Å². The van der Waals surface area contributed by atoms with Gasteiger partial charge in [-0.25, -0.2) is 0 Å². The predicted octanol–water partition coefficient (Wildman–Crippen LogP) is 5.78. The zero-order valence-corrected chi connectivity index (χ0v) is 18.7. The molecule has 0 saturated carbocycles. The van der Waals surface area contributed by atoms with Gasteiger partial charge in [0, 0.05) is 4.90 Å². The van der Waals surface area contributed by atoms with Crippen molar-refractivity contribution in [3.05, 3.63) is 65.6 Å². The summed E-state index contributed by atoms with van der Waals surface area (Å²) < 4.78 is 11.8. The van der Waals surface area contributed by atoms with E-state index < -0.39 is 0 Å². The molecule has 1 aliphatic rings. The van der Waals surface area contributed by atoms with Gasteiger partial charge in [-0.05, 0) is 55.2 Å². The van der Waals surface area contributed by atoms with Crippen molar-refractivity contribution in [3.63, 3.8) is 0 Å². The smallest absolute Gasteiger partial charge is 0.270 e. The monoisotopic (exact) mass is 443 g/mol. The fourth-order valence-corrected chi connectivity index (χ4v) is 4.49. The molecule has 1 aliphatic heterocycles. The molecule has 0 unspecified atom stereocenters. The van der Waals surface area contributed by atoms with Crippen LogP contribution in [0.25, 0.3) is 6.08 Å². The molecule has 0 bridgehead atoms. The van der Waals surface area contributed by atoms with Gasteiger partial charge in [0.05, 0.1) is 17.2 Å². The second-order valence-electron chi connectivity index (χ2n) is 5.96. The fourth-order valence-electron chi connectivity index (χ4n) is 2.74. The number of rotatable bonds is 8. The standard InChI is InChI=1S/C22H21NO3S3/c1-4-11-26-18-10-9-15(12-19(18)25-5-2)13-20-21(24)23(22(27)29-20)16-7-6-8-17(14-16)28-3/h4,6-10,12-14H,1,5,11H2,2-3H3/b20-13+. The van der Waals surface area contributed by atoms with Crippen molar-refractivity contribution in [1.82, 2.24) is 0 Å². The van der Waals surface area contributed by atoms with Crippen molar-refractivity contribution in [2.24, 2.45) is 0 Å². The maximum absolute atomic E-state index is 13.0. The molecule has 1 saturated heterocycles. The van der Waals surface area contributed by atoms with Crippen LogP contribution in [0.4, 0.5) is 5.69 Å². The third kappa shape index (κ3) is 5.04. The number of hydrogen-bond donors (Lipinski definition) is 0. The quantitative estimate of drug-likeness (QED) is 0.223. The van der Waals surface area contributed by atoms with E-state index in [1.807, 2.05) is 61.7 Å². The number of benzene rings is 2. The van der Waals surface area contributed by atoms with Gasteiger partial charge < -0.3 is 9.47 Å². The van der Waals surface area contributed by atoms with Gasteiger partial charge in [-0.1, -0.05) is 48.8 Å². The molecule has 1 fully saturated rings. The SMILES string of the molecule is C=CCOc1ccc(/C=C2/SC(=S)N(c3cccc(SC)c3)C2=O)cc1OCC. The summed E-state index contributed by atoms with van der Waals surface area (Å²) in [4.78, 5) is 16.3. The lowest BCUT2D eigenvalue weighted by atomic mass is 10.1. The predicted molar refractivity (Wildman–Crippen MR) is 127 cm³/mol. The lowest BCUT2D eigenvalue weighted by Gasteiger charge is -2.15. The number of ether oxygens (including phenoxy) is 2. The molecular weight excluding hydrogens is 422 g/mol. The maximum atomic E-state index is 13.0. The van der Waals surface area contributed by atoms with Crippen molar-refractivity contribution in [1.29, 1.82) is 0 Å². The largest absolute Gasteiger partial charge is 0.490 e. The minimum Gasteiger partial charge on any atom is -0.490 e. The Bertz CT molecular complexity index is 972. The molecule has 1 amide bonds. The molecule has 0 aliphatic carbocycles. The first-order chi connectivity index (χ1) is 14.1. The van der Waals surface area contributed by atoms with E-state index >= 15 is 0 Å². The topological polar surface area (TPSA) is 38.8 Å². The average Bonchev–Trinajstić information content (AvgIpc) is 3.00. The summed E-state index contributed by atoms with van der Waals surface area (Å²) in [5, 5.41) is 0. The van der Waals surface area contributed by atoms with Crippen LogP contribution in [0.3, 0.4) is 0 Å². The van der Waals surface area contributed by atoms with Gasteiger partial charge in [-0.15, -0.1) is 11.8 Å². The lowest BCUT2D eigenvalue weighted by molar-refractivity contribution is -0.113. The summed E-state index contributed by atoms with van der Waals surface area (Å²) in [5.74, 6) is 1.15. The van der Waals surface area contributed by atoms with Crippen LogP contribution in [0.1, 0.15) is 12.5 Å². The second-order valence-corrected chi connectivity index (χ2v) is 8.51. The minimum atomic E-state index is -0.122. The first-order valence-corrected chi connectivity index (χ1v) is 11.4. The van der Waals surface area contributed by atoms with Gasteiger partial charge in [-0.3, -0.25) is 9.69 Å². The zero-order valence-electron chi connectivity index (χ0n) is 16.2. The third-order valence-corrected chi connectivity index (χ3v) is 6.05. The highest BCUT2D eigenvalue weighted by molar-refractivity contribution is 8.27. The normalized spacial score (nSPS) is 15.1. The highest BCUT2D eigenvalue weighted by Gasteiger charge is 2.33. The fraction of sp³-hybridized carbons (Fsp3) is 0.182. The van der Waals surface area contributed by atoms with Crippen LogP contribution in [0.2, 0.25) is 0 Å². The number of carbonyl (C=O) groups is 1. The van der Waals surface area contributed by atoms with Gasteiger partial charge in [0.2, 0.25) is 0 Å². The molecule has 0 N–H and O–H groups in total. The van der Waals surface area contributed by atoms with Crippen molar-refractivity contribution in [3.8, 4) is 11.5 Å². The summed E-state index contributed by atoms with van der Waals surface area (Å²) >= 11 is 8.40. The van der Waals surface area contributed by atoms with Crippen LogP contribution < -0.4 is 14.4 Å². The molecule has 4 nitrogen and oxygen atoms in total. The Kier molecular flexibility index (Phi) is 7.41. The van der Waals surface area contributed by atoms with E-state index in [9.17, 15) is 4.79 Å². The number of thioether (sulfide) groups is 2. The van der Waals surface area contributed by atoms with Gasteiger partial charge in [0.1, 0.15) is 6.61 Å². The zero-order chi connectivity index (χ0) is 20.8. The van der Waals surface area contributed by atoms with Gasteiger partial charge in [-0.2, -0.15) is 0 Å². The molecular formula is C22H21NO3S3. The van der Waals surface area contributed by atoms with E-state index in [4.69, 9.17) is 21.7 Å². The first kappa shape index (κ1) is 21.5. The molecule has 1 heterocycles. The average molecular weight is 444 g/mol. The van der Waals surface area contributed by atoms with E-state index in [1.54, 1.807) is 22.7 Å². The van der Waals surface area contributed by atoms with E-state index in [2.05, 4.69) is 6.58 Å². The van der Waals surface area contributed by atoms with E-state index in [-0.39, 0.29) is 5.91 Å². The van der Waals surface area contributed by atoms with E-state index in [0.29, 0.717) is 33.9 Å². The Morgan fingerprint density at radius 3 is 2.76 bits per heavy atom. The van der Waals surface area contributed by atoms with Gasteiger partial charge in [0.15, 0.2) is 15.8 Å². The molecule has 2 aromatic carbocycles. The van der Waals surface area contributed by atoms with Crippen LogP contribution in [0.15, 0.2) is 64.9 Å². The summed E-state index contributed by atoms with van der Waals surface area (Å²) in [5.41, 5.74) is 1.63. The summed E-state index contributed by atoms with van der Waals surface area (Å²) in [6, 6.07) is 13.4. The second kappa shape index (κ2) is 10.0. The Labute approximate surface area is 185 Å². The lowest BCUT2D eigenvalue weighted by Crippen LogP contribution is -2.27. The molecule has 0 spiro atoms. The van der Waals surface area contributed by atoms with Crippen molar-refractivity contribution in [2.45, 2.75) is 11.8 Å². The highest BCUT2D eigenvalue weighted by Crippen LogP contribution is 2.38. The van der Waals surface area contributed by atoms with E-state index in [0.717, 1.165) is 16.1 Å². The Balaban J connectivity index is 1.88. The van der Waals surface area contributed by atoms with Crippen molar-refractivity contribution >= 4 is 57.7 Å².